The van der Waals surface area contributed by atoms with Gasteiger partial charge in [-0.1, -0.05) is 31.1 Å². The highest BCUT2D eigenvalue weighted by Gasteiger charge is 2.51. The van der Waals surface area contributed by atoms with Gasteiger partial charge in [0.25, 0.3) is 5.91 Å². The molecular weight excluding hydrogens is 724 g/mol. The summed E-state index contributed by atoms with van der Waals surface area (Å²) in [5.41, 5.74) is 3.46. The number of amides is 1. The summed E-state index contributed by atoms with van der Waals surface area (Å²) in [5, 5.41) is -0.707. The van der Waals surface area contributed by atoms with E-state index in [9.17, 15) is 13.2 Å². The number of ether oxygens (including phenoxy) is 3. The molecule has 3 aliphatic carbocycles. The van der Waals surface area contributed by atoms with Gasteiger partial charge < -0.3 is 19.1 Å². The van der Waals surface area contributed by atoms with E-state index < -0.39 is 21.2 Å². The Bertz CT molecular complexity index is 1740. The summed E-state index contributed by atoms with van der Waals surface area (Å²) in [7, 11) is -3.92. The van der Waals surface area contributed by atoms with Crippen LogP contribution in [0.3, 0.4) is 0 Å². The Hall–Kier alpha value is -2.15. The number of allylic oxidation sites excluding steroid dienone is 3. The molecule has 8 atom stereocenters. The summed E-state index contributed by atoms with van der Waals surface area (Å²) < 4.78 is 49.6. The maximum absolute atomic E-state index is 13.7. The zero-order valence-corrected chi connectivity index (χ0v) is 34.1. The van der Waals surface area contributed by atoms with E-state index in [0.29, 0.717) is 36.7 Å². The predicted octanol–water partition coefficient (Wildman–Crippen LogP) is 6.01. The fraction of sp³-hybridized carbons (Fsp3) is 0.738. The molecule has 54 heavy (non-hydrogen) atoms. The fourth-order valence-electron chi connectivity index (χ4n) is 11.0. The second-order valence-corrected chi connectivity index (χ2v) is 20.2. The molecule has 1 amide bonds. The van der Waals surface area contributed by atoms with Gasteiger partial charge >= 0.3 is 0 Å². The third kappa shape index (κ3) is 7.51. The summed E-state index contributed by atoms with van der Waals surface area (Å²) in [4.78, 5) is 21.4. The van der Waals surface area contributed by atoms with Gasteiger partial charge in [-0.05, 0) is 107 Å². The van der Waals surface area contributed by atoms with Crippen LogP contribution in [0.1, 0.15) is 88.9 Å². The maximum atomic E-state index is 13.7. The molecule has 1 aromatic rings. The second-order valence-electron chi connectivity index (χ2n) is 17.6. The SMILES string of the molecule is CCO[C@]1(CN2CCN3CCOCC3C2)CCCC(C)C(C)S(=O)(=O)NC(=O)c2ccc3c(c2)N(C[C@@H]2CCC21)C[C@@]1(CCCC2=C1C=CC(Cl)C2)CO3. The molecule has 4 heterocycles. The molecule has 5 unspecified atom stereocenters. The highest BCUT2D eigenvalue weighted by atomic mass is 35.5. The van der Waals surface area contributed by atoms with Crippen molar-refractivity contribution >= 4 is 33.2 Å². The maximum Gasteiger partial charge on any atom is 0.264 e. The summed E-state index contributed by atoms with van der Waals surface area (Å²) in [6.45, 7) is 15.2. The smallest absolute Gasteiger partial charge is 0.264 e. The average molecular weight is 785 g/mol. The lowest BCUT2D eigenvalue weighted by Crippen LogP contribution is -2.63. The number of carbonyl (C=O) groups is 1. The number of morpholine rings is 1. The number of piperazine rings is 1. The molecule has 8 rings (SSSR count). The molecule has 1 spiro atoms. The van der Waals surface area contributed by atoms with Crippen LogP contribution in [0.2, 0.25) is 0 Å². The monoisotopic (exact) mass is 784 g/mol. The van der Waals surface area contributed by atoms with Crippen molar-refractivity contribution in [3.8, 4) is 5.75 Å². The van der Waals surface area contributed by atoms with Crippen molar-refractivity contribution in [2.45, 2.75) is 101 Å². The molecular formula is C42H61ClN4O6S. The number of anilines is 1. The lowest BCUT2D eigenvalue weighted by molar-refractivity contribution is -0.154. The molecule has 1 saturated carbocycles. The third-order valence-electron chi connectivity index (χ3n) is 14.3. The van der Waals surface area contributed by atoms with Gasteiger partial charge in [-0.15, -0.1) is 11.6 Å². The van der Waals surface area contributed by atoms with Crippen LogP contribution in [0.25, 0.3) is 0 Å². The first kappa shape index (κ1) is 38.7. The normalized spacial score (nSPS) is 37.6. The molecule has 3 fully saturated rings. The standard InChI is InChI=1S/C42H61ClN4O6S/c1-4-53-42(27-45-17-18-46-19-20-51-25-35(46)24-45)16-5-7-29(2)30(3)54(49,50)44-40(48)32-10-14-39-38(22-32)47(23-33-9-12-37(33)42)26-41(28-52-39)15-6-8-31-21-34(43)11-13-36(31)41/h10-11,13-14,22,29-30,33-35,37H,4-9,12,15-21,23-28H2,1-3H3,(H,44,48)/t29?,30?,33-,34?,35?,37?,41-,42-/m0/s1. The molecule has 1 aromatic carbocycles. The van der Waals surface area contributed by atoms with Crippen molar-refractivity contribution < 1.29 is 27.4 Å². The Morgan fingerprint density at radius 1 is 1.07 bits per heavy atom. The Balaban J connectivity index is 1.18. The highest BCUT2D eigenvalue weighted by Crippen LogP contribution is 2.52. The number of sulfonamides is 1. The van der Waals surface area contributed by atoms with E-state index in [1.54, 1.807) is 13.0 Å². The largest absolute Gasteiger partial charge is 0.490 e. The number of carbonyl (C=O) groups excluding carboxylic acids is 1. The highest BCUT2D eigenvalue weighted by molar-refractivity contribution is 7.90. The Morgan fingerprint density at radius 3 is 2.76 bits per heavy atom. The van der Waals surface area contributed by atoms with Gasteiger partial charge in [0.15, 0.2) is 0 Å². The van der Waals surface area contributed by atoms with Crippen LogP contribution in [0, 0.1) is 23.2 Å². The van der Waals surface area contributed by atoms with E-state index in [0.717, 1.165) is 128 Å². The van der Waals surface area contributed by atoms with Gasteiger partial charge in [0.05, 0.1) is 41.7 Å². The van der Waals surface area contributed by atoms with Gasteiger partial charge in [-0.25, -0.2) is 13.1 Å². The van der Waals surface area contributed by atoms with Gasteiger partial charge in [0, 0.05) is 69.4 Å². The number of nitrogens with one attached hydrogen (secondary N) is 1. The molecule has 4 aliphatic heterocycles. The Morgan fingerprint density at radius 2 is 1.94 bits per heavy atom. The van der Waals surface area contributed by atoms with E-state index in [1.165, 1.54) is 11.1 Å². The van der Waals surface area contributed by atoms with Crippen molar-refractivity contribution in [2.75, 3.05) is 77.1 Å². The van der Waals surface area contributed by atoms with E-state index in [-0.39, 0.29) is 22.3 Å². The van der Waals surface area contributed by atoms with Crippen LogP contribution in [0.5, 0.6) is 5.75 Å². The zero-order valence-electron chi connectivity index (χ0n) is 32.6. The number of benzene rings is 1. The van der Waals surface area contributed by atoms with Crippen molar-refractivity contribution in [1.82, 2.24) is 14.5 Å². The van der Waals surface area contributed by atoms with Crippen molar-refractivity contribution in [3.05, 3.63) is 47.1 Å². The second kappa shape index (κ2) is 15.7. The third-order valence-corrected chi connectivity index (χ3v) is 16.5. The van der Waals surface area contributed by atoms with Gasteiger partial charge in [-0.3, -0.25) is 14.6 Å². The zero-order chi connectivity index (χ0) is 37.7. The Kier molecular flexibility index (Phi) is 11.2. The number of hydrogen-bond acceptors (Lipinski definition) is 9. The number of rotatable bonds is 4. The van der Waals surface area contributed by atoms with E-state index >= 15 is 0 Å². The fourth-order valence-corrected chi connectivity index (χ4v) is 12.6. The van der Waals surface area contributed by atoms with Gasteiger partial charge in [-0.2, -0.15) is 0 Å². The van der Waals surface area contributed by atoms with Crippen LogP contribution >= 0.6 is 11.6 Å². The molecule has 0 aromatic heterocycles. The van der Waals surface area contributed by atoms with Crippen LogP contribution < -0.4 is 14.4 Å². The number of fused-ring (bicyclic) bond motifs is 4. The molecule has 0 radical (unpaired) electrons. The lowest BCUT2D eigenvalue weighted by atomic mass is 9.62. The van der Waals surface area contributed by atoms with Crippen molar-refractivity contribution in [2.24, 2.45) is 23.2 Å². The number of hydrogen-bond donors (Lipinski definition) is 1. The molecule has 10 nitrogen and oxygen atoms in total. The predicted molar refractivity (Wildman–Crippen MR) is 213 cm³/mol. The first-order valence-electron chi connectivity index (χ1n) is 20.8. The van der Waals surface area contributed by atoms with Crippen LogP contribution in [-0.2, 0) is 19.5 Å². The minimum Gasteiger partial charge on any atom is -0.490 e. The summed E-state index contributed by atoms with van der Waals surface area (Å²) in [6, 6.07) is 5.87. The summed E-state index contributed by atoms with van der Waals surface area (Å²) in [6.07, 6.45) is 13.2. The molecule has 298 valence electrons. The minimum absolute atomic E-state index is 0.0184. The van der Waals surface area contributed by atoms with E-state index in [2.05, 4.69) is 38.5 Å². The quantitative estimate of drug-likeness (QED) is 0.369. The minimum atomic E-state index is -3.92. The van der Waals surface area contributed by atoms with Crippen molar-refractivity contribution in [1.29, 1.82) is 0 Å². The summed E-state index contributed by atoms with van der Waals surface area (Å²) >= 11 is 6.66. The molecule has 2 saturated heterocycles. The van der Waals surface area contributed by atoms with Crippen molar-refractivity contribution in [3.63, 3.8) is 0 Å². The number of alkyl halides is 1. The Labute approximate surface area is 328 Å². The van der Waals surface area contributed by atoms with Gasteiger partial charge in [0.1, 0.15) is 5.75 Å². The first-order chi connectivity index (χ1) is 26.0. The number of halogens is 1. The molecule has 2 bridgehead atoms. The average Bonchev–Trinajstić information content (AvgIpc) is 3.29. The number of nitrogens with zero attached hydrogens (tertiary/aromatic N) is 3. The molecule has 7 aliphatic rings. The topological polar surface area (TPSA) is 101 Å². The first-order valence-corrected chi connectivity index (χ1v) is 22.8. The van der Waals surface area contributed by atoms with E-state index in [4.69, 9.17) is 25.8 Å². The molecule has 12 heteroatoms. The van der Waals surface area contributed by atoms with E-state index in [1.807, 2.05) is 19.1 Å². The van der Waals surface area contributed by atoms with Crippen LogP contribution in [0.15, 0.2) is 41.5 Å². The lowest BCUT2D eigenvalue weighted by Gasteiger charge is -2.54. The van der Waals surface area contributed by atoms with Gasteiger partial charge in [0.2, 0.25) is 10.0 Å². The van der Waals surface area contributed by atoms with Crippen LogP contribution in [-0.4, -0.2) is 119 Å². The summed E-state index contributed by atoms with van der Waals surface area (Å²) in [5.74, 6) is 0.774. The van der Waals surface area contributed by atoms with Crippen LogP contribution in [0.4, 0.5) is 5.69 Å². The molecule has 1 N–H and O–H groups in total.